The second-order valence-electron chi connectivity index (χ2n) is 4.43. The largest absolute Gasteiger partial charge is 0.303 e. The van der Waals surface area contributed by atoms with Crippen LogP contribution in [0.25, 0.3) is 0 Å². The summed E-state index contributed by atoms with van der Waals surface area (Å²) >= 11 is 11.8. The van der Waals surface area contributed by atoms with Gasteiger partial charge in [0.05, 0.1) is 10.0 Å². The van der Waals surface area contributed by atoms with Gasteiger partial charge in [-0.05, 0) is 25.0 Å². The number of piperidine rings is 1. The number of rotatable bonds is 3. The van der Waals surface area contributed by atoms with Crippen molar-refractivity contribution in [3.63, 3.8) is 0 Å². The van der Waals surface area contributed by atoms with Crippen LogP contribution in [-0.2, 0) is 14.8 Å². The van der Waals surface area contributed by atoms with Crippen LogP contribution in [0.15, 0.2) is 23.1 Å². The van der Waals surface area contributed by atoms with E-state index in [1.807, 2.05) is 0 Å². The molecule has 2 rings (SSSR count). The highest BCUT2D eigenvalue weighted by Crippen LogP contribution is 2.32. The maximum atomic E-state index is 12.4. The summed E-state index contributed by atoms with van der Waals surface area (Å²) < 4.78 is 26.3. The highest BCUT2D eigenvalue weighted by atomic mass is 35.5. The van der Waals surface area contributed by atoms with Gasteiger partial charge in [-0.2, -0.15) is 4.31 Å². The van der Waals surface area contributed by atoms with Crippen LogP contribution in [0.1, 0.15) is 12.8 Å². The van der Waals surface area contributed by atoms with E-state index >= 15 is 0 Å². The molecule has 1 aromatic carbocycles. The van der Waals surface area contributed by atoms with Crippen LogP contribution < -0.4 is 0 Å². The first kappa shape index (κ1) is 14.8. The van der Waals surface area contributed by atoms with Crippen LogP contribution in [0, 0.1) is 5.92 Å². The fourth-order valence-electron chi connectivity index (χ4n) is 2.07. The minimum Gasteiger partial charge on any atom is -0.303 e. The van der Waals surface area contributed by atoms with Gasteiger partial charge in [-0.15, -0.1) is 0 Å². The Morgan fingerprint density at radius 3 is 2.42 bits per heavy atom. The molecule has 0 saturated carbocycles. The minimum absolute atomic E-state index is 0.0196. The van der Waals surface area contributed by atoms with E-state index in [0.717, 1.165) is 6.29 Å². The topological polar surface area (TPSA) is 54.5 Å². The van der Waals surface area contributed by atoms with E-state index in [-0.39, 0.29) is 20.9 Å². The molecule has 104 valence electrons. The predicted molar refractivity (Wildman–Crippen MR) is 74.0 cm³/mol. The van der Waals surface area contributed by atoms with Crippen LogP contribution in [-0.4, -0.2) is 32.1 Å². The van der Waals surface area contributed by atoms with Gasteiger partial charge in [-0.1, -0.05) is 29.3 Å². The number of halogens is 2. The second-order valence-corrected chi connectivity index (χ2v) is 7.12. The normalized spacial score (nSPS) is 18.4. The monoisotopic (exact) mass is 321 g/mol. The first-order valence-corrected chi connectivity index (χ1v) is 8.06. The first-order valence-electron chi connectivity index (χ1n) is 5.86. The number of hydrogen-bond donors (Lipinski definition) is 0. The molecule has 0 aliphatic carbocycles. The number of sulfonamides is 1. The molecule has 7 heteroatoms. The van der Waals surface area contributed by atoms with E-state index < -0.39 is 10.0 Å². The number of carbonyl (C=O) groups is 1. The molecule has 4 nitrogen and oxygen atoms in total. The fourth-order valence-corrected chi connectivity index (χ4v) is 4.28. The Morgan fingerprint density at radius 2 is 1.84 bits per heavy atom. The predicted octanol–water partition coefficient (Wildman–Crippen LogP) is 2.59. The summed E-state index contributed by atoms with van der Waals surface area (Å²) in [5, 5.41) is 0.257. The summed E-state index contributed by atoms with van der Waals surface area (Å²) in [5.41, 5.74) is 0. The summed E-state index contributed by atoms with van der Waals surface area (Å²) in [4.78, 5) is 10.7. The number of hydrogen-bond acceptors (Lipinski definition) is 3. The summed E-state index contributed by atoms with van der Waals surface area (Å²) in [6, 6.07) is 4.54. The SMILES string of the molecule is O=CC1CCN(S(=O)(=O)c2cccc(Cl)c2Cl)CC1. The molecule has 1 saturated heterocycles. The number of carbonyl (C=O) groups excluding carboxylic acids is 1. The summed E-state index contributed by atoms with van der Waals surface area (Å²) in [7, 11) is -3.65. The zero-order valence-corrected chi connectivity index (χ0v) is 12.4. The van der Waals surface area contributed by atoms with Crippen molar-refractivity contribution in [3.05, 3.63) is 28.2 Å². The van der Waals surface area contributed by atoms with Crippen molar-refractivity contribution in [1.82, 2.24) is 4.31 Å². The Bertz CT molecular complexity index is 581. The van der Waals surface area contributed by atoms with Crippen molar-refractivity contribution in [1.29, 1.82) is 0 Å². The van der Waals surface area contributed by atoms with Gasteiger partial charge in [0, 0.05) is 19.0 Å². The van der Waals surface area contributed by atoms with Crippen molar-refractivity contribution in [2.24, 2.45) is 5.92 Å². The second kappa shape index (κ2) is 5.79. The van der Waals surface area contributed by atoms with Crippen LogP contribution >= 0.6 is 23.2 Å². The van der Waals surface area contributed by atoms with E-state index in [4.69, 9.17) is 23.2 Å². The standard InChI is InChI=1S/C12H13Cl2NO3S/c13-10-2-1-3-11(12(10)14)19(17,18)15-6-4-9(8-16)5-7-15/h1-3,8-9H,4-7H2. The third-order valence-corrected chi connectivity index (χ3v) is 6.10. The molecule has 0 amide bonds. The highest BCUT2D eigenvalue weighted by molar-refractivity contribution is 7.89. The lowest BCUT2D eigenvalue weighted by molar-refractivity contribution is -0.112. The molecule has 0 spiro atoms. The Kier molecular flexibility index (Phi) is 4.50. The van der Waals surface area contributed by atoms with Crippen molar-refractivity contribution in [3.8, 4) is 0 Å². The van der Waals surface area contributed by atoms with E-state index in [0.29, 0.717) is 25.9 Å². The molecule has 1 aliphatic heterocycles. The fraction of sp³-hybridized carbons (Fsp3) is 0.417. The molecular formula is C12H13Cl2NO3S. The zero-order chi connectivity index (χ0) is 14.0. The molecule has 0 N–H and O–H groups in total. The Labute approximate surface area is 122 Å². The molecule has 1 heterocycles. The van der Waals surface area contributed by atoms with E-state index in [1.165, 1.54) is 10.4 Å². The first-order chi connectivity index (χ1) is 8.96. The quantitative estimate of drug-likeness (QED) is 0.804. The van der Waals surface area contributed by atoms with Crippen LogP contribution in [0.3, 0.4) is 0 Å². The van der Waals surface area contributed by atoms with E-state index in [9.17, 15) is 13.2 Å². The molecular weight excluding hydrogens is 309 g/mol. The highest BCUT2D eigenvalue weighted by Gasteiger charge is 2.31. The van der Waals surface area contributed by atoms with Gasteiger partial charge in [-0.25, -0.2) is 8.42 Å². The van der Waals surface area contributed by atoms with E-state index in [2.05, 4.69) is 0 Å². The van der Waals surface area contributed by atoms with Gasteiger partial charge in [0.2, 0.25) is 10.0 Å². The average Bonchev–Trinajstić information content (AvgIpc) is 2.41. The maximum absolute atomic E-state index is 12.4. The third-order valence-electron chi connectivity index (χ3n) is 3.23. The summed E-state index contributed by atoms with van der Waals surface area (Å²) in [6.45, 7) is 0.656. The van der Waals surface area contributed by atoms with Gasteiger partial charge in [0.25, 0.3) is 0 Å². The van der Waals surface area contributed by atoms with Gasteiger partial charge < -0.3 is 4.79 Å². The Hall–Kier alpha value is -0.620. The van der Waals surface area contributed by atoms with Gasteiger partial charge in [0.1, 0.15) is 11.2 Å². The number of aldehydes is 1. The maximum Gasteiger partial charge on any atom is 0.244 e. The van der Waals surface area contributed by atoms with Crippen LogP contribution in [0.5, 0.6) is 0 Å². The minimum atomic E-state index is -3.65. The smallest absolute Gasteiger partial charge is 0.244 e. The lowest BCUT2D eigenvalue weighted by atomic mass is 10.0. The molecule has 1 fully saturated rings. The van der Waals surface area contributed by atoms with Gasteiger partial charge >= 0.3 is 0 Å². The third kappa shape index (κ3) is 2.94. The lowest BCUT2D eigenvalue weighted by Crippen LogP contribution is -2.38. The van der Waals surface area contributed by atoms with Gasteiger partial charge in [0.15, 0.2) is 0 Å². The van der Waals surface area contributed by atoms with Gasteiger partial charge in [-0.3, -0.25) is 0 Å². The molecule has 0 bridgehead atoms. The van der Waals surface area contributed by atoms with Crippen molar-refractivity contribution in [2.45, 2.75) is 17.7 Å². The molecule has 0 atom stereocenters. The van der Waals surface area contributed by atoms with Crippen molar-refractivity contribution < 1.29 is 13.2 Å². The Balaban J connectivity index is 2.28. The lowest BCUT2D eigenvalue weighted by Gasteiger charge is -2.29. The Morgan fingerprint density at radius 1 is 1.21 bits per heavy atom. The average molecular weight is 322 g/mol. The zero-order valence-electron chi connectivity index (χ0n) is 10.1. The van der Waals surface area contributed by atoms with Crippen molar-refractivity contribution >= 4 is 39.5 Å². The molecule has 19 heavy (non-hydrogen) atoms. The summed E-state index contributed by atoms with van der Waals surface area (Å²) in [5.74, 6) is -0.0544. The number of benzene rings is 1. The van der Waals surface area contributed by atoms with E-state index in [1.54, 1.807) is 12.1 Å². The molecule has 0 unspecified atom stereocenters. The van der Waals surface area contributed by atoms with Crippen molar-refractivity contribution in [2.75, 3.05) is 13.1 Å². The summed E-state index contributed by atoms with van der Waals surface area (Å²) in [6.07, 6.45) is 1.97. The molecule has 1 aliphatic rings. The van der Waals surface area contributed by atoms with Crippen LogP contribution in [0.4, 0.5) is 0 Å². The molecule has 0 radical (unpaired) electrons. The molecule has 0 aromatic heterocycles. The number of nitrogens with zero attached hydrogens (tertiary/aromatic N) is 1. The molecule has 1 aromatic rings. The van der Waals surface area contributed by atoms with Crippen LogP contribution in [0.2, 0.25) is 10.0 Å².